The van der Waals surface area contributed by atoms with E-state index in [1.165, 1.54) is 6.07 Å². The standard InChI is InChI=1S/C15H11BrFNO/c16-8-11-2-1-3-14(6-11)19-10-13-5-4-12(9-18)7-15(13)17/h1-7H,8,10H2. The molecule has 0 amide bonds. The molecule has 2 aromatic carbocycles. The molecule has 2 nitrogen and oxygen atoms in total. The maximum atomic E-state index is 13.6. The van der Waals surface area contributed by atoms with Crippen molar-refractivity contribution in [2.45, 2.75) is 11.9 Å². The van der Waals surface area contributed by atoms with E-state index in [9.17, 15) is 4.39 Å². The molecule has 0 aromatic heterocycles. The van der Waals surface area contributed by atoms with Crippen molar-refractivity contribution in [2.75, 3.05) is 0 Å². The molecule has 0 bridgehead atoms. The first kappa shape index (κ1) is 13.6. The van der Waals surface area contributed by atoms with Gasteiger partial charge in [0.15, 0.2) is 0 Å². The van der Waals surface area contributed by atoms with Crippen molar-refractivity contribution in [3.63, 3.8) is 0 Å². The molecule has 2 aromatic rings. The molecule has 0 heterocycles. The van der Waals surface area contributed by atoms with E-state index in [1.807, 2.05) is 30.3 Å². The van der Waals surface area contributed by atoms with Gasteiger partial charge < -0.3 is 4.74 Å². The molecule has 0 radical (unpaired) electrons. The minimum Gasteiger partial charge on any atom is -0.489 e. The summed E-state index contributed by atoms with van der Waals surface area (Å²) in [5.41, 5.74) is 1.84. The van der Waals surface area contributed by atoms with E-state index in [4.69, 9.17) is 10.00 Å². The lowest BCUT2D eigenvalue weighted by atomic mass is 10.1. The van der Waals surface area contributed by atoms with Gasteiger partial charge in [-0.05, 0) is 29.8 Å². The molecule has 19 heavy (non-hydrogen) atoms. The van der Waals surface area contributed by atoms with E-state index in [-0.39, 0.29) is 6.61 Å². The number of nitriles is 1. The summed E-state index contributed by atoms with van der Waals surface area (Å²) in [5, 5.41) is 9.41. The van der Waals surface area contributed by atoms with E-state index in [0.29, 0.717) is 16.9 Å². The van der Waals surface area contributed by atoms with Crippen molar-refractivity contribution in [1.82, 2.24) is 0 Å². The van der Waals surface area contributed by atoms with Gasteiger partial charge in [-0.2, -0.15) is 5.26 Å². The van der Waals surface area contributed by atoms with Gasteiger partial charge in [0.1, 0.15) is 18.2 Å². The van der Waals surface area contributed by atoms with Gasteiger partial charge in [-0.1, -0.05) is 34.1 Å². The fraction of sp³-hybridized carbons (Fsp3) is 0.133. The molecular weight excluding hydrogens is 309 g/mol. The molecule has 0 saturated heterocycles. The van der Waals surface area contributed by atoms with Crippen molar-refractivity contribution in [3.05, 3.63) is 65.0 Å². The van der Waals surface area contributed by atoms with E-state index in [2.05, 4.69) is 15.9 Å². The molecule has 0 spiro atoms. The Balaban J connectivity index is 2.08. The second-order valence-electron chi connectivity index (χ2n) is 3.99. The van der Waals surface area contributed by atoms with Gasteiger partial charge >= 0.3 is 0 Å². The minimum absolute atomic E-state index is 0.142. The Morgan fingerprint density at radius 2 is 2.05 bits per heavy atom. The van der Waals surface area contributed by atoms with Crippen LogP contribution in [0.5, 0.6) is 5.75 Å². The highest BCUT2D eigenvalue weighted by atomic mass is 79.9. The van der Waals surface area contributed by atoms with Crippen LogP contribution in [0.15, 0.2) is 42.5 Å². The van der Waals surface area contributed by atoms with Gasteiger partial charge in [0.05, 0.1) is 11.6 Å². The van der Waals surface area contributed by atoms with E-state index in [0.717, 1.165) is 10.9 Å². The van der Waals surface area contributed by atoms with E-state index >= 15 is 0 Å². The molecule has 0 aliphatic rings. The highest BCUT2D eigenvalue weighted by Crippen LogP contribution is 2.18. The average molecular weight is 320 g/mol. The number of alkyl halides is 1. The molecule has 0 atom stereocenters. The van der Waals surface area contributed by atoms with Gasteiger partial charge in [0.2, 0.25) is 0 Å². The monoisotopic (exact) mass is 319 g/mol. The lowest BCUT2D eigenvalue weighted by molar-refractivity contribution is 0.299. The van der Waals surface area contributed by atoms with E-state index < -0.39 is 5.82 Å². The van der Waals surface area contributed by atoms with Crippen LogP contribution in [0.3, 0.4) is 0 Å². The Morgan fingerprint density at radius 3 is 2.74 bits per heavy atom. The molecule has 0 fully saturated rings. The second-order valence-corrected chi connectivity index (χ2v) is 4.55. The smallest absolute Gasteiger partial charge is 0.131 e. The zero-order valence-corrected chi connectivity index (χ0v) is 11.7. The van der Waals surface area contributed by atoms with Crippen LogP contribution in [-0.4, -0.2) is 0 Å². The Bertz CT molecular complexity index is 622. The Hall–Kier alpha value is -1.86. The van der Waals surface area contributed by atoms with Crippen LogP contribution in [0.2, 0.25) is 0 Å². The van der Waals surface area contributed by atoms with Crippen molar-refractivity contribution in [2.24, 2.45) is 0 Å². The lowest BCUT2D eigenvalue weighted by Crippen LogP contribution is -1.99. The molecule has 0 unspecified atom stereocenters. The van der Waals surface area contributed by atoms with E-state index in [1.54, 1.807) is 12.1 Å². The third kappa shape index (κ3) is 3.55. The van der Waals surface area contributed by atoms with Crippen molar-refractivity contribution >= 4 is 15.9 Å². The van der Waals surface area contributed by atoms with Gasteiger partial charge in [-0.15, -0.1) is 0 Å². The number of nitrogens with zero attached hydrogens (tertiary/aromatic N) is 1. The summed E-state index contributed by atoms with van der Waals surface area (Å²) in [6.07, 6.45) is 0. The number of ether oxygens (including phenoxy) is 1. The quantitative estimate of drug-likeness (QED) is 0.792. The fourth-order valence-corrected chi connectivity index (χ4v) is 1.96. The second kappa shape index (κ2) is 6.35. The van der Waals surface area contributed by atoms with Gasteiger partial charge in [-0.3, -0.25) is 0 Å². The first-order valence-electron chi connectivity index (χ1n) is 5.69. The van der Waals surface area contributed by atoms with Crippen LogP contribution >= 0.6 is 15.9 Å². The predicted molar refractivity (Wildman–Crippen MR) is 74.5 cm³/mol. The van der Waals surface area contributed by atoms with Crippen LogP contribution in [-0.2, 0) is 11.9 Å². The summed E-state index contributed by atoms with van der Waals surface area (Å²) in [4.78, 5) is 0. The zero-order chi connectivity index (χ0) is 13.7. The molecule has 0 aliphatic heterocycles. The summed E-state index contributed by atoms with van der Waals surface area (Å²) in [6.45, 7) is 0.142. The molecule has 4 heteroatoms. The maximum absolute atomic E-state index is 13.6. The zero-order valence-electron chi connectivity index (χ0n) is 10.1. The molecular formula is C15H11BrFNO. The summed E-state index contributed by atoms with van der Waals surface area (Å²) in [7, 11) is 0. The maximum Gasteiger partial charge on any atom is 0.131 e. The number of rotatable bonds is 4. The van der Waals surface area contributed by atoms with Crippen molar-refractivity contribution in [3.8, 4) is 11.8 Å². The summed E-state index contributed by atoms with van der Waals surface area (Å²) in [6, 6.07) is 13.9. The highest BCUT2D eigenvalue weighted by Gasteiger charge is 2.05. The molecule has 0 N–H and O–H groups in total. The summed E-state index contributed by atoms with van der Waals surface area (Å²) < 4.78 is 19.2. The minimum atomic E-state index is -0.421. The van der Waals surface area contributed by atoms with Gasteiger partial charge in [-0.25, -0.2) is 4.39 Å². The van der Waals surface area contributed by atoms with Crippen molar-refractivity contribution < 1.29 is 9.13 Å². The number of hydrogen-bond acceptors (Lipinski definition) is 2. The number of benzene rings is 2. The Kier molecular flexibility index (Phi) is 4.53. The predicted octanol–water partition coefficient (Wildman–Crippen LogP) is 4.17. The fourth-order valence-electron chi connectivity index (χ4n) is 1.61. The largest absolute Gasteiger partial charge is 0.489 e. The first-order valence-corrected chi connectivity index (χ1v) is 6.81. The van der Waals surface area contributed by atoms with Crippen LogP contribution in [0.4, 0.5) is 4.39 Å². The Labute approximate surface area is 119 Å². The van der Waals surface area contributed by atoms with Crippen LogP contribution in [0.1, 0.15) is 16.7 Å². The lowest BCUT2D eigenvalue weighted by Gasteiger charge is -2.08. The Morgan fingerprint density at radius 1 is 1.21 bits per heavy atom. The summed E-state index contributed by atoms with van der Waals surface area (Å²) >= 11 is 3.37. The third-order valence-corrected chi connectivity index (χ3v) is 3.28. The van der Waals surface area contributed by atoms with Crippen LogP contribution in [0, 0.1) is 17.1 Å². The first-order chi connectivity index (χ1) is 9.22. The molecule has 0 aliphatic carbocycles. The van der Waals surface area contributed by atoms with Gasteiger partial charge in [0, 0.05) is 10.9 Å². The van der Waals surface area contributed by atoms with Crippen LogP contribution in [0.25, 0.3) is 0 Å². The summed E-state index contributed by atoms with van der Waals surface area (Å²) in [5.74, 6) is 0.274. The molecule has 0 saturated carbocycles. The number of halogens is 2. The highest BCUT2D eigenvalue weighted by molar-refractivity contribution is 9.08. The topological polar surface area (TPSA) is 33.0 Å². The molecule has 96 valence electrons. The van der Waals surface area contributed by atoms with Crippen molar-refractivity contribution in [1.29, 1.82) is 5.26 Å². The third-order valence-electron chi connectivity index (χ3n) is 2.63. The average Bonchev–Trinajstić information content (AvgIpc) is 2.46. The van der Waals surface area contributed by atoms with Gasteiger partial charge in [0.25, 0.3) is 0 Å². The SMILES string of the molecule is N#Cc1ccc(COc2cccc(CBr)c2)c(F)c1. The molecule has 2 rings (SSSR count). The normalized spacial score (nSPS) is 9.95. The van der Waals surface area contributed by atoms with Crippen LogP contribution < -0.4 is 4.74 Å². The number of hydrogen-bond donors (Lipinski definition) is 0.